The monoisotopic (exact) mass is 275 g/mol. The fourth-order valence-electron chi connectivity index (χ4n) is 2.67. The lowest BCUT2D eigenvalue weighted by molar-refractivity contribution is 0.207. The van der Waals surface area contributed by atoms with Crippen LogP contribution in [-0.2, 0) is 13.0 Å². The van der Waals surface area contributed by atoms with Crippen LogP contribution in [0.1, 0.15) is 30.1 Å². The summed E-state index contributed by atoms with van der Waals surface area (Å²) >= 11 is 6.14. The summed E-state index contributed by atoms with van der Waals surface area (Å²) in [5.74, 6) is 2.55. The van der Waals surface area contributed by atoms with Crippen molar-refractivity contribution in [2.75, 3.05) is 0 Å². The summed E-state index contributed by atoms with van der Waals surface area (Å²) in [6, 6.07) is 8.18. The lowest BCUT2D eigenvalue weighted by Crippen LogP contribution is -2.22. The summed E-state index contributed by atoms with van der Waals surface area (Å²) in [6.45, 7) is 0.729. The highest BCUT2D eigenvalue weighted by atomic mass is 35.5. The molecule has 2 aliphatic rings. The fourth-order valence-corrected chi connectivity index (χ4v) is 2.86. The lowest BCUT2D eigenvalue weighted by atomic mass is 10.1. The topological polar surface area (TPSA) is 39.9 Å². The van der Waals surface area contributed by atoms with Crippen molar-refractivity contribution in [3.05, 3.63) is 40.9 Å². The molecule has 0 spiro atoms. The van der Waals surface area contributed by atoms with Gasteiger partial charge in [0.05, 0.1) is 6.54 Å². The molecule has 1 aliphatic heterocycles. The van der Waals surface area contributed by atoms with E-state index < -0.39 is 0 Å². The van der Waals surface area contributed by atoms with Crippen LogP contribution in [0.5, 0.6) is 5.75 Å². The molecule has 98 valence electrons. The predicted octanol–water partition coefficient (Wildman–Crippen LogP) is 2.81. The quantitative estimate of drug-likeness (QED) is 0.865. The molecule has 1 saturated carbocycles. The molecular weight excluding hydrogens is 262 g/mol. The molecule has 0 N–H and O–H groups in total. The van der Waals surface area contributed by atoms with Crippen molar-refractivity contribution in [1.29, 1.82) is 0 Å². The molecule has 1 aliphatic carbocycles. The minimum atomic E-state index is 0.128. The Morgan fingerprint density at radius 1 is 1.26 bits per heavy atom. The lowest BCUT2D eigenvalue weighted by Gasteiger charge is -2.13. The molecule has 0 bridgehead atoms. The van der Waals surface area contributed by atoms with E-state index in [1.54, 1.807) is 0 Å². The third kappa shape index (κ3) is 2.00. The van der Waals surface area contributed by atoms with Crippen molar-refractivity contribution in [2.45, 2.75) is 37.8 Å². The van der Waals surface area contributed by atoms with Crippen LogP contribution in [0.25, 0.3) is 0 Å². The molecule has 1 unspecified atom stereocenters. The van der Waals surface area contributed by atoms with Gasteiger partial charge >= 0.3 is 0 Å². The minimum absolute atomic E-state index is 0.128. The maximum atomic E-state index is 6.14. The average Bonchev–Trinajstić information content (AvgIpc) is 3.07. The maximum absolute atomic E-state index is 6.14. The minimum Gasteiger partial charge on any atom is -0.488 e. The number of hydrogen-bond donors (Lipinski definition) is 0. The average molecular weight is 276 g/mol. The molecule has 4 nitrogen and oxygen atoms in total. The summed E-state index contributed by atoms with van der Waals surface area (Å²) in [4.78, 5) is 0. The van der Waals surface area contributed by atoms with Gasteiger partial charge in [0, 0.05) is 12.3 Å². The Labute approximate surface area is 116 Å². The van der Waals surface area contributed by atoms with E-state index in [1.165, 1.54) is 18.4 Å². The van der Waals surface area contributed by atoms with E-state index >= 15 is 0 Å². The summed E-state index contributed by atoms with van der Waals surface area (Å²) in [5.41, 5.74) is 1.27. The summed E-state index contributed by atoms with van der Waals surface area (Å²) in [5, 5.41) is 8.66. The molecule has 1 atom stereocenters. The van der Waals surface area contributed by atoms with E-state index in [0.717, 1.165) is 24.5 Å². The smallest absolute Gasteiger partial charge is 0.225 e. The fraction of sp³-hybridized carbons (Fsp3) is 0.429. The first-order valence-electron chi connectivity index (χ1n) is 6.64. The second kappa shape index (κ2) is 4.23. The van der Waals surface area contributed by atoms with Crippen LogP contribution in [-0.4, -0.2) is 20.9 Å². The van der Waals surface area contributed by atoms with Crippen LogP contribution in [0.3, 0.4) is 0 Å². The molecule has 4 rings (SSSR count). The predicted molar refractivity (Wildman–Crippen MR) is 71.6 cm³/mol. The standard InChI is InChI=1S/C14H14ClN3O/c15-14-17-16-13(9-5-6-9)18(14)8-11-7-10-3-1-2-4-12(10)19-11/h1-4,9,11H,5-8H2. The van der Waals surface area contributed by atoms with Crippen LogP contribution >= 0.6 is 11.6 Å². The highest BCUT2D eigenvalue weighted by Crippen LogP contribution is 2.40. The number of benzene rings is 1. The molecule has 1 aromatic carbocycles. The van der Waals surface area contributed by atoms with E-state index in [4.69, 9.17) is 16.3 Å². The number of nitrogens with zero attached hydrogens (tertiary/aromatic N) is 3. The van der Waals surface area contributed by atoms with Crippen LogP contribution in [0.4, 0.5) is 0 Å². The van der Waals surface area contributed by atoms with Crippen LogP contribution in [0.2, 0.25) is 5.28 Å². The molecule has 2 heterocycles. The van der Waals surface area contributed by atoms with E-state index in [-0.39, 0.29) is 6.10 Å². The SMILES string of the molecule is Clc1nnc(C2CC2)n1CC1Cc2ccccc2O1. The summed E-state index contributed by atoms with van der Waals surface area (Å²) in [7, 11) is 0. The number of para-hydroxylation sites is 1. The Morgan fingerprint density at radius 2 is 2.11 bits per heavy atom. The Kier molecular flexibility index (Phi) is 2.52. The highest BCUT2D eigenvalue weighted by molar-refractivity contribution is 6.28. The third-order valence-corrected chi connectivity index (χ3v) is 4.06. The second-order valence-corrected chi connectivity index (χ2v) is 5.60. The number of ether oxygens (including phenoxy) is 1. The normalized spacial score (nSPS) is 21.2. The molecule has 0 amide bonds. The number of fused-ring (bicyclic) bond motifs is 1. The van der Waals surface area contributed by atoms with Gasteiger partial charge in [-0.05, 0) is 36.1 Å². The number of aromatic nitrogens is 3. The van der Waals surface area contributed by atoms with E-state index in [0.29, 0.717) is 11.2 Å². The zero-order chi connectivity index (χ0) is 12.8. The highest BCUT2D eigenvalue weighted by Gasteiger charge is 2.32. The molecule has 2 aromatic rings. The van der Waals surface area contributed by atoms with Crippen molar-refractivity contribution in [3.63, 3.8) is 0 Å². The Morgan fingerprint density at radius 3 is 2.89 bits per heavy atom. The van der Waals surface area contributed by atoms with Gasteiger partial charge in [-0.3, -0.25) is 4.57 Å². The van der Waals surface area contributed by atoms with Crippen LogP contribution in [0.15, 0.2) is 24.3 Å². The van der Waals surface area contributed by atoms with Crippen LogP contribution in [0, 0.1) is 0 Å². The molecule has 5 heteroatoms. The van der Waals surface area contributed by atoms with Crippen molar-refractivity contribution >= 4 is 11.6 Å². The van der Waals surface area contributed by atoms with E-state index in [2.05, 4.69) is 16.3 Å². The second-order valence-electron chi connectivity index (χ2n) is 5.26. The van der Waals surface area contributed by atoms with Gasteiger partial charge in [0.15, 0.2) is 0 Å². The zero-order valence-electron chi connectivity index (χ0n) is 10.4. The largest absolute Gasteiger partial charge is 0.488 e. The van der Waals surface area contributed by atoms with Crippen LogP contribution < -0.4 is 4.74 Å². The van der Waals surface area contributed by atoms with Gasteiger partial charge in [-0.2, -0.15) is 0 Å². The number of halogens is 1. The Balaban J connectivity index is 1.56. The summed E-state index contributed by atoms with van der Waals surface area (Å²) < 4.78 is 7.97. The van der Waals surface area contributed by atoms with Crippen molar-refractivity contribution in [2.24, 2.45) is 0 Å². The number of rotatable bonds is 3. The van der Waals surface area contributed by atoms with Gasteiger partial charge in [0.2, 0.25) is 5.28 Å². The summed E-state index contributed by atoms with van der Waals surface area (Å²) in [6.07, 6.45) is 3.44. The molecule has 19 heavy (non-hydrogen) atoms. The first kappa shape index (κ1) is 11.3. The molecular formula is C14H14ClN3O. The van der Waals surface area contributed by atoms with Gasteiger partial charge in [0.25, 0.3) is 0 Å². The van der Waals surface area contributed by atoms with E-state index in [1.807, 2.05) is 22.8 Å². The molecule has 0 radical (unpaired) electrons. The molecule has 1 aromatic heterocycles. The third-order valence-electron chi connectivity index (χ3n) is 3.78. The first-order valence-corrected chi connectivity index (χ1v) is 7.02. The zero-order valence-corrected chi connectivity index (χ0v) is 11.2. The van der Waals surface area contributed by atoms with Gasteiger partial charge in [0.1, 0.15) is 17.7 Å². The van der Waals surface area contributed by atoms with Gasteiger partial charge in [-0.15, -0.1) is 10.2 Å². The van der Waals surface area contributed by atoms with E-state index in [9.17, 15) is 0 Å². The van der Waals surface area contributed by atoms with Gasteiger partial charge in [-0.25, -0.2) is 0 Å². The molecule has 0 saturated heterocycles. The van der Waals surface area contributed by atoms with Gasteiger partial charge < -0.3 is 4.74 Å². The van der Waals surface area contributed by atoms with Crippen molar-refractivity contribution in [1.82, 2.24) is 14.8 Å². The Bertz CT molecular complexity index is 596. The number of hydrogen-bond acceptors (Lipinski definition) is 3. The van der Waals surface area contributed by atoms with Crippen molar-refractivity contribution in [3.8, 4) is 5.75 Å². The molecule has 1 fully saturated rings. The van der Waals surface area contributed by atoms with Crippen molar-refractivity contribution < 1.29 is 4.74 Å². The maximum Gasteiger partial charge on any atom is 0.225 e. The van der Waals surface area contributed by atoms with Gasteiger partial charge in [-0.1, -0.05) is 18.2 Å². The first-order chi connectivity index (χ1) is 9.31. The Hall–Kier alpha value is -1.55.